The van der Waals surface area contributed by atoms with Crippen molar-refractivity contribution in [1.29, 1.82) is 0 Å². The predicted octanol–water partition coefficient (Wildman–Crippen LogP) is 3.32. The Balaban J connectivity index is 2.67. The minimum Gasteiger partial charge on any atom is -0.493 e. The smallest absolute Gasteiger partial charge is 0.203 e. The maximum atomic E-state index is 5.50. The minimum absolute atomic E-state index is 0.606. The highest BCUT2D eigenvalue weighted by Gasteiger charge is 2.19. The van der Waals surface area contributed by atoms with E-state index in [0.29, 0.717) is 17.2 Å². The van der Waals surface area contributed by atoms with Gasteiger partial charge in [0.1, 0.15) is 0 Å². The van der Waals surface area contributed by atoms with Gasteiger partial charge in [-0.05, 0) is 37.1 Å². The van der Waals surface area contributed by atoms with Crippen molar-refractivity contribution in [1.82, 2.24) is 4.98 Å². The van der Waals surface area contributed by atoms with Crippen molar-refractivity contribution in [2.45, 2.75) is 13.8 Å². The van der Waals surface area contributed by atoms with Crippen LogP contribution in [0.2, 0.25) is 0 Å². The van der Waals surface area contributed by atoms with Crippen LogP contribution in [-0.4, -0.2) is 26.3 Å². The van der Waals surface area contributed by atoms with E-state index in [2.05, 4.69) is 18.8 Å². The van der Waals surface area contributed by atoms with Gasteiger partial charge >= 0.3 is 0 Å². The summed E-state index contributed by atoms with van der Waals surface area (Å²) in [6.07, 6.45) is 1.99. The molecule has 0 radical (unpaired) electrons. The minimum atomic E-state index is 0.606. The van der Waals surface area contributed by atoms with Gasteiger partial charge in [-0.25, -0.2) is 0 Å². The Kier molecular flexibility index (Phi) is 3.69. The standard InChI is InChI=1S/C15H19NO3/c1-9-8-16-13(10(9)2)11-6-7-12(17-3)15(19-5)14(11)18-4/h6-8,16H,1-5H3. The fraction of sp³-hybridized carbons (Fsp3) is 0.333. The van der Waals surface area contributed by atoms with Gasteiger partial charge in [0.2, 0.25) is 5.75 Å². The molecule has 1 N–H and O–H groups in total. The zero-order chi connectivity index (χ0) is 14.0. The van der Waals surface area contributed by atoms with Crippen molar-refractivity contribution in [3.05, 3.63) is 29.5 Å². The topological polar surface area (TPSA) is 43.5 Å². The second kappa shape index (κ2) is 5.26. The molecule has 102 valence electrons. The lowest BCUT2D eigenvalue weighted by molar-refractivity contribution is 0.325. The van der Waals surface area contributed by atoms with Gasteiger partial charge in [0.15, 0.2) is 11.5 Å². The summed E-state index contributed by atoms with van der Waals surface area (Å²) >= 11 is 0. The number of aromatic amines is 1. The molecule has 2 aromatic rings. The van der Waals surface area contributed by atoms with Gasteiger partial charge in [0.05, 0.1) is 27.0 Å². The number of hydrogen-bond donors (Lipinski definition) is 1. The van der Waals surface area contributed by atoms with Crippen LogP contribution in [0.15, 0.2) is 18.3 Å². The molecular weight excluding hydrogens is 242 g/mol. The molecule has 0 unspecified atom stereocenters. The van der Waals surface area contributed by atoms with Crippen LogP contribution in [0.1, 0.15) is 11.1 Å². The fourth-order valence-corrected chi connectivity index (χ4v) is 2.17. The molecule has 0 spiro atoms. The molecule has 0 aliphatic heterocycles. The summed E-state index contributed by atoms with van der Waals surface area (Å²) in [6, 6.07) is 3.85. The quantitative estimate of drug-likeness (QED) is 0.918. The number of hydrogen-bond acceptors (Lipinski definition) is 3. The van der Waals surface area contributed by atoms with Crippen molar-refractivity contribution in [2.75, 3.05) is 21.3 Å². The van der Waals surface area contributed by atoms with E-state index in [1.54, 1.807) is 21.3 Å². The molecular formula is C15H19NO3. The lowest BCUT2D eigenvalue weighted by atomic mass is 10.0. The van der Waals surface area contributed by atoms with E-state index in [-0.39, 0.29) is 0 Å². The Bertz CT molecular complexity index is 587. The SMILES string of the molecule is COc1ccc(-c2[nH]cc(C)c2C)c(OC)c1OC. The second-order valence-corrected chi connectivity index (χ2v) is 4.35. The summed E-state index contributed by atoms with van der Waals surface area (Å²) in [5.41, 5.74) is 4.42. The summed E-state index contributed by atoms with van der Waals surface area (Å²) in [4.78, 5) is 3.28. The summed E-state index contributed by atoms with van der Waals surface area (Å²) in [5.74, 6) is 1.94. The van der Waals surface area contributed by atoms with Gasteiger partial charge in [-0.3, -0.25) is 0 Å². The van der Waals surface area contributed by atoms with Crippen molar-refractivity contribution >= 4 is 0 Å². The van der Waals surface area contributed by atoms with Crippen LogP contribution in [0.5, 0.6) is 17.2 Å². The molecule has 0 aliphatic carbocycles. The number of ether oxygens (including phenoxy) is 3. The van der Waals surface area contributed by atoms with Gasteiger partial charge in [-0.2, -0.15) is 0 Å². The maximum Gasteiger partial charge on any atom is 0.203 e. The Morgan fingerprint density at radius 2 is 1.58 bits per heavy atom. The van der Waals surface area contributed by atoms with E-state index < -0.39 is 0 Å². The fourth-order valence-electron chi connectivity index (χ4n) is 2.17. The highest BCUT2D eigenvalue weighted by atomic mass is 16.5. The van der Waals surface area contributed by atoms with Crippen molar-refractivity contribution in [3.8, 4) is 28.5 Å². The van der Waals surface area contributed by atoms with Gasteiger partial charge in [0.25, 0.3) is 0 Å². The number of rotatable bonds is 4. The predicted molar refractivity (Wildman–Crippen MR) is 75.4 cm³/mol. The van der Waals surface area contributed by atoms with Crippen LogP contribution in [0, 0.1) is 13.8 Å². The van der Waals surface area contributed by atoms with Crippen LogP contribution in [0.25, 0.3) is 11.3 Å². The van der Waals surface area contributed by atoms with Crippen molar-refractivity contribution in [2.24, 2.45) is 0 Å². The first kappa shape index (κ1) is 13.3. The summed E-state index contributed by atoms with van der Waals surface area (Å²) in [5, 5.41) is 0. The van der Waals surface area contributed by atoms with Gasteiger partial charge in [-0.15, -0.1) is 0 Å². The number of nitrogens with one attached hydrogen (secondary N) is 1. The zero-order valence-corrected chi connectivity index (χ0v) is 12.0. The molecule has 0 aliphatic rings. The highest BCUT2D eigenvalue weighted by Crippen LogP contribution is 2.44. The first-order valence-corrected chi connectivity index (χ1v) is 6.08. The van der Waals surface area contributed by atoms with Crippen LogP contribution >= 0.6 is 0 Å². The third-order valence-electron chi connectivity index (χ3n) is 3.37. The van der Waals surface area contributed by atoms with Crippen LogP contribution in [-0.2, 0) is 0 Å². The van der Waals surface area contributed by atoms with Gasteiger partial charge in [-0.1, -0.05) is 0 Å². The average Bonchev–Trinajstić information content (AvgIpc) is 2.77. The molecule has 1 heterocycles. The zero-order valence-electron chi connectivity index (χ0n) is 12.0. The molecule has 19 heavy (non-hydrogen) atoms. The first-order valence-electron chi connectivity index (χ1n) is 6.08. The monoisotopic (exact) mass is 261 g/mol. The van der Waals surface area contributed by atoms with E-state index in [4.69, 9.17) is 14.2 Å². The molecule has 2 rings (SSSR count). The summed E-state index contributed by atoms with van der Waals surface area (Å²) in [7, 11) is 4.85. The van der Waals surface area contributed by atoms with E-state index in [9.17, 15) is 0 Å². The molecule has 0 atom stereocenters. The molecule has 1 aromatic carbocycles. The number of methoxy groups -OCH3 is 3. The molecule has 0 saturated heterocycles. The van der Waals surface area contributed by atoms with Gasteiger partial charge in [0, 0.05) is 11.8 Å². The van der Waals surface area contributed by atoms with E-state index in [1.807, 2.05) is 18.3 Å². The Morgan fingerprint density at radius 3 is 2.05 bits per heavy atom. The second-order valence-electron chi connectivity index (χ2n) is 4.35. The lowest BCUT2D eigenvalue weighted by Crippen LogP contribution is -1.97. The molecule has 0 amide bonds. The lowest BCUT2D eigenvalue weighted by Gasteiger charge is -2.15. The van der Waals surface area contributed by atoms with E-state index in [0.717, 1.165) is 11.3 Å². The largest absolute Gasteiger partial charge is 0.493 e. The third-order valence-corrected chi connectivity index (χ3v) is 3.37. The Labute approximate surface area is 113 Å². The normalized spacial score (nSPS) is 10.4. The van der Waals surface area contributed by atoms with E-state index >= 15 is 0 Å². The number of aromatic nitrogens is 1. The Hall–Kier alpha value is -2.10. The average molecular weight is 261 g/mol. The van der Waals surface area contributed by atoms with Crippen LogP contribution < -0.4 is 14.2 Å². The molecule has 4 nitrogen and oxygen atoms in total. The number of benzene rings is 1. The number of H-pyrrole nitrogens is 1. The summed E-state index contributed by atoms with van der Waals surface area (Å²) in [6.45, 7) is 4.15. The molecule has 0 saturated carbocycles. The molecule has 4 heteroatoms. The molecule has 0 bridgehead atoms. The van der Waals surface area contributed by atoms with Crippen LogP contribution in [0.3, 0.4) is 0 Å². The van der Waals surface area contributed by atoms with E-state index in [1.165, 1.54) is 11.1 Å². The third kappa shape index (κ3) is 2.14. The number of aryl methyl sites for hydroxylation is 1. The summed E-state index contributed by atoms with van der Waals surface area (Å²) < 4.78 is 16.2. The van der Waals surface area contributed by atoms with Gasteiger partial charge < -0.3 is 19.2 Å². The highest BCUT2D eigenvalue weighted by molar-refractivity contribution is 5.76. The maximum absolute atomic E-state index is 5.50. The molecule has 1 aromatic heterocycles. The first-order chi connectivity index (χ1) is 9.13. The van der Waals surface area contributed by atoms with Crippen molar-refractivity contribution in [3.63, 3.8) is 0 Å². The molecule has 0 fully saturated rings. The van der Waals surface area contributed by atoms with Crippen molar-refractivity contribution < 1.29 is 14.2 Å². The van der Waals surface area contributed by atoms with Crippen LogP contribution in [0.4, 0.5) is 0 Å². The Morgan fingerprint density at radius 1 is 0.895 bits per heavy atom.